The summed E-state index contributed by atoms with van der Waals surface area (Å²) in [6, 6.07) is 0. The number of hydrogen-bond donors (Lipinski definition) is 2. The average Bonchev–Trinajstić information content (AvgIpc) is 2.68. The van der Waals surface area contributed by atoms with Gasteiger partial charge in [0, 0.05) is 26.2 Å². The Kier molecular flexibility index (Phi) is 3.26. The molecule has 0 aromatic carbocycles. The summed E-state index contributed by atoms with van der Waals surface area (Å²) in [7, 11) is 0. The quantitative estimate of drug-likeness (QED) is 0.744. The van der Waals surface area contributed by atoms with Gasteiger partial charge in [-0.3, -0.25) is 5.10 Å². The van der Waals surface area contributed by atoms with Crippen molar-refractivity contribution >= 4 is 17.7 Å². The Morgan fingerprint density at radius 2 is 2.21 bits per heavy atom. The Hall–Kier alpha value is -0.750. The highest BCUT2D eigenvalue weighted by Crippen LogP contribution is 2.10. The van der Waals surface area contributed by atoms with Gasteiger partial charge in [-0.05, 0) is 6.26 Å². The van der Waals surface area contributed by atoms with Crippen LogP contribution in [0.4, 0.5) is 5.95 Å². The smallest absolute Gasteiger partial charge is 0.244 e. The third-order valence-electron chi connectivity index (χ3n) is 2.20. The molecule has 1 aromatic heterocycles. The van der Waals surface area contributed by atoms with Crippen molar-refractivity contribution in [3.8, 4) is 0 Å². The molecule has 1 aliphatic heterocycles. The van der Waals surface area contributed by atoms with Gasteiger partial charge in [-0.25, -0.2) is 0 Å². The van der Waals surface area contributed by atoms with Crippen molar-refractivity contribution in [3.63, 3.8) is 0 Å². The van der Waals surface area contributed by atoms with Crippen LogP contribution in [0.5, 0.6) is 0 Å². The number of thioether (sulfide) groups is 1. The van der Waals surface area contributed by atoms with Crippen LogP contribution in [0.25, 0.3) is 0 Å². The number of aromatic amines is 1. The second-order valence-electron chi connectivity index (χ2n) is 3.25. The van der Waals surface area contributed by atoms with Gasteiger partial charge >= 0.3 is 0 Å². The van der Waals surface area contributed by atoms with Crippen LogP contribution >= 0.6 is 11.8 Å². The lowest BCUT2D eigenvalue weighted by molar-refractivity contribution is 0.580. The molecule has 1 aromatic rings. The van der Waals surface area contributed by atoms with Gasteiger partial charge in [0.1, 0.15) is 5.82 Å². The predicted molar refractivity (Wildman–Crippen MR) is 58.7 cm³/mol. The topological polar surface area (TPSA) is 56.8 Å². The van der Waals surface area contributed by atoms with E-state index >= 15 is 0 Å². The number of nitrogens with zero attached hydrogens (tertiary/aromatic N) is 3. The van der Waals surface area contributed by atoms with Crippen molar-refractivity contribution in [1.82, 2.24) is 20.5 Å². The average molecular weight is 213 g/mol. The third-order valence-corrected chi connectivity index (χ3v) is 2.76. The van der Waals surface area contributed by atoms with E-state index in [1.165, 1.54) is 0 Å². The summed E-state index contributed by atoms with van der Waals surface area (Å²) in [4.78, 5) is 6.64. The second kappa shape index (κ2) is 4.65. The van der Waals surface area contributed by atoms with Gasteiger partial charge in [-0.1, -0.05) is 0 Å². The fourth-order valence-corrected chi connectivity index (χ4v) is 1.90. The van der Waals surface area contributed by atoms with Crippen LogP contribution in [0.15, 0.2) is 0 Å². The Labute approximate surface area is 87.7 Å². The molecule has 1 saturated heterocycles. The summed E-state index contributed by atoms with van der Waals surface area (Å²) in [5.41, 5.74) is 0. The van der Waals surface area contributed by atoms with Crippen LogP contribution in [0.3, 0.4) is 0 Å². The molecule has 78 valence electrons. The fraction of sp³-hybridized carbons (Fsp3) is 0.750. The SMILES string of the molecule is CSCc1nc(N2CCNCC2)n[nH]1. The number of nitrogens with one attached hydrogen (secondary N) is 2. The maximum atomic E-state index is 4.43. The molecular formula is C8H15N5S. The summed E-state index contributed by atoms with van der Waals surface area (Å²) in [5, 5.41) is 10.5. The van der Waals surface area contributed by atoms with Crippen molar-refractivity contribution in [3.05, 3.63) is 5.82 Å². The first-order chi connectivity index (χ1) is 6.90. The molecule has 2 heterocycles. The fourth-order valence-electron chi connectivity index (χ4n) is 1.49. The predicted octanol–water partition coefficient (Wildman–Crippen LogP) is 0.0773. The summed E-state index contributed by atoms with van der Waals surface area (Å²) < 4.78 is 0. The van der Waals surface area contributed by atoms with Gasteiger partial charge in [0.15, 0.2) is 0 Å². The number of anilines is 1. The second-order valence-corrected chi connectivity index (χ2v) is 4.12. The normalized spacial score (nSPS) is 17.4. The molecule has 5 nitrogen and oxygen atoms in total. The molecule has 0 unspecified atom stereocenters. The molecule has 6 heteroatoms. The molecule has 0 saturated carbocycles. The first kappa shape index (κ1) is 9.79. The van der Waals surface area contributed by atoms with Crippen molar-refractivity contribution in [2.24, 2.45) is 0 Å². The van der Waals surface area contributed by atoms with E-state index in [1.807, 2.05) is 0 Å². The van der Waals surface area contributed by atoms with Crippen LogP contribution in [-0.2, 0) is 5.75 Å². The third kappa shape index (κ3) is 2.19. The molecular weight excluding hydrogens is 198 g/mol. The van der Waals surface area contributed by atoms with Crippen molar-refractivity contribution in [1.29, 1.82) is 0 Å². The highest BCUT2D eigenvalue weighted by Gasteiger charge is 2.14. The first-order valence-corrected chi connectivity index (χ1v) is 6.15. The minimum Gasteiger partial charge on any atom is -0.337 e. The molecule has 0 aliphatic carbocycles. The van der Waals surface area contributed by atoms with Gasteiger partial charge in [-0.15, -0.1) is 5.10 Å². The van der Waals surface area contributed by atoms with Crippen LogP contribution < -0.4 is 10.2 Å². The summed E-state index contributed by atoms with van der Waals surface area (Å²) >= 11 is 1.75. The molecule has 2 N–H and O–H groups in total. The van der Waals surface area contributed by atoms with E-state index in [9.17, 15) is 0 Å². The number of rotatable bonds is 3. The van der Waals surface area contributed by atoms with E-state index in [4.69, 9.17) is 0 Å². The zero-order chi connectivity index (χ0) is 9.80. The summed E-state index contributed by atoms with van der Waals surface area (Å²) in [6.45, 7) is 4.03. The van der Waals surface area contributed by atoms with Crippen LogP contribution in [0.1, 0.15) is 5.82 Å². The molecule has 0 amide bonds. The standard InChI is InChI=1S/C8H15N5S/c1-14-6-7-10-8(12-11-7)13-4-2-9-3-5-13/h9H,2-6H2,1H3,(H,10,11,12). The monoisotopic (exact) mass is 213 g/mol. The van der Waals surface area contributed by atoms with E-state index in [2.05, 4.69) is 31.7 Å². The van der Waals surface area contributed by atoms with Gasteiger partial charge in [-0.2, -0.15) is 16.7 Å². The maximum Gasteiger partial charge on any atom is 0.244 e. The van der Waals surface area contributed by atoms with Crippen molar-refractivity contribution < 1.29 is 0 Å². The van der Waals surface area contributed by atoms with E-state index < -0.39 is 0 Å². The number of H-pyrrole nitrogens is 1. The van der Waals surface area contributed by atoms with E-state index in [0.717, 1.165) is 43.7 Å². The minimum atomic E-state index is 0.843. The lowest BCUT2D eigenvalue weighted by atomic mass is 10.4. The largest absolute Gasteiger partial charge is 0.337 e. The first-order valence-electron chi connectivity index (χ1n) is 4.76. The molecule has 1 fully saturated rings. The van der Waals surface area contributed by atoms with E-state index in [-0.39, 0.29) is 0 Å². The Bertz CT molecular complexity index is 281. The zero-order valence-corrected chi connectivity index (χ0v) is 9.10. The molecule has 0 bridgehead atoms. The molecule has 14 heavy (non-hydrogen) atoms. The summed E-state index contributed by atoms with van der Waals surface area (Å²) in [5.74, 6) is 2.71. The Morgan fingerprint density at radius 3 is 2.93 bits per heavy atom. The van der Waals surface area contributed by atoms with E-state index in [1.54, 1.807) is 11.8 Å². The molecule has 2 rings (SSSR count). The lowest BCUT2D eigenvalue weighted by Gasteiger charge is -2.25. The Balaban J connectivity index is 2.00. The molecule has 1 aliphatic rings. The van der Waals surface area contributed by atoms with Gasteiger partial charge in [0.2, 0.25) is 5.95 Å². The van der Waals surface area contributed by atoms with E-state index in [0.29, 0.717) is 0 Å². The highest BCUT2D eigenvalue weighted by molar-refractivity contribution is 7.97. The lowest BCUT2D eigenvalue weighted by Crippen LogP contribution is -2.44. The van der Waals surface area contributed by atoms with Gasteiger partial charge in [0.25, 0.3) is 0 Å². The number of aromatic nitrogens is 3. The highest BCUT2D eigenvalue weighted by atomic mass is 32.2. The van der Waals surface area contributed by atoms with Crippen molar-refractivity contribution in [2.75, 3.05) is 37.3 Å². The van der Waals surface area contributed by atoms with Crippen LogP contribution in [0.2, 0.25) is 0 Å². The number of piperazine rings is 1. The summed E-state index contributed by atoms with van der Waals surface area (Å²) in [6.07, 6.45) is 2.06. The van der Waals surface area contributed by atoms with Gasteiger partial charge < -0.3 is 10.2 Å². The maximum absolute atomic E-state index is 4.43. The van der Waals surface area contributed by atoms with Crippen LogP contribution in [0, 0.1) is 0 Å². The van der Waals surface area contributed by atoms with Gasteiger partial charge in [0.05, 0.1) is 5.75 Å². The van der Waals surface area contributed by atoms with Crippen molar-refractivity contribution in [2.45, 2.75) is 5.75 Å². The zero-order valence-electron chi connectivity index (χ0n) is 8.29. The van der Waals surface area contributed by atoms with Crippen LogP contribution in [-0.4, -0.2) is 47.6 Å². The number of hydrogen-bond acceptors (Lipinski definition) is 5. The molecule has 0 radical (unpaired) electrons. The molecule has 0 spiro atoms. The molecule has 0 atom stereocenters. The Morgan fingerprint density at radius 1 is 1.43 bits per heavy atom. The minimum absolute atomic E-state index is 0.843.